The van der Waals surface area contributed by atoms with E-state index < -0.39 is 11.7 Å². The summed E-state index contributed by atoms with van der Waals surface area (Å²) in [6.45, 7) is 2.17. The van der Waals surface area contributed by atoms with E-state index in [0.29, 0.717) is 11.3 Å². The molecule has 0 bridgehead atoms. The van der Waals surface area contributed by atoms with E-state index in [-0.39, 0.29) is 6.54 Å². The lowest BCUT2D eigenvalue weighted by Crippen LogP contribution is -2.07. The maximum Gasteiger partial charge on any atom is 0.416 e. The second-order valence-electron chi connectivity index (χ2n) is 5.26. The van der Waals surface area contributed by atoms with Crippen LogP contribution in [0.3, 0.4) is 0 Å². The van der Waals surface area contributed by atoms with Crippen molar-refractivity contribution in [2.24, 2.45) is 0 Å². The van der Waals surface area contributed by atoms with Crippen LogP contribution in [0.4, 0.5) is 13.2 Å². The normalized spacial score (nSPS) is 11.7. The van der Waals surface area contributed by atoms with Crippen molar-refractivity contribution in [3.05, 3.63) is 71.5 Å². The summed E-state index contributed by atoms with van der Waals surface area (Å²) < 4.78 is 39.8. The summed E-state index contributed by atoms with van der Waals surface area (Å²) in [7, 11) is 0. The Bertz CT molecular complexity index is 822. The fourth-order valence-electron chi connectivity index (χ4n) is 2.31. The number of aromatic nitrogens is 3. The molecule has 0 fully saturated rings. The van der Waals surface area contributed by atoms with Crippen molar-refractivity contribution in [1.29, 1.82) is 0 Å². The van der Waals surface area contributed by atoms with Crippen LogP contribution in [0.15, 0.2) is 54.7 Å². The van der Waals surface area contributed by atoms with Gasteiger partial charge in [-0.2, -0.15) is 18.3 Å². The summed E-state index contributed by atoms with van der Waals surface area (Å²) in [5.74, 6) is 0. The molecule has 0 saturated heterocycles. The van der Waals surface area contributed by atoms with Gasteiger partial charge in [-0.05, 0) is 42.8 Å². The molecule has 3 aromatic rings. The maximum absolute atomic E-state index is 12.7. The van der Waals surface area contributed by atoms with Gasteiger partial charge in [0.25, 0.3) is 0 Å². The lowest BCUT2D eigenvalue weighted by Gasteiger charge is -2.08. The summed E-state index contributed by atoms with van der Waals surface area (Å²) in [5, 5.41) is 4.38. The van der Waals surface area contributed by atoms with Crippen LogP contribution >= 0.6 is 0 Å². The number of halogens is 3. The second-order valence-corrected chi connectivity index (χ2v) is 5.26. The SMILES string of the molecule is Cc1cccc(-c2ccn(Cc3cccc(C(F)(F)F)c3)n2)n1. The minimum absolute atomic E-state index is 0.274. The van der Waals surface area contributed by atoms with Gasteiger partial charge in [-0.1, -0.05) is 18.2 Å². The summed E-state index contributed by atoms with van der Waals surface area (Å²) in [6.07, 6.45) is -2.60. The van der Waals surface area contributed by atoms with Gasteiger partial charge in [0.1, 0.15) is 5.69 Å². The van der Waals surface area contributed by atoms with E-state index in [1.165, 1.54) is 6.07 Å². The van der Waals surface area contributed by atoms with Gasteiger partial charge in [0.2, 0.25) is 0 Å². The highest BCUT2D eigenvalue weighted by Crippen LogP contribution is 2.29. The smallest absolute Gasteiger partial charge is 0.268 e. The Kier molecular flexibility index (Phi) is 3.90. The van der Waals surface area contributed by atoms with Crippen molar-refractivity contribution in [1.82, 2.24) is 14.8 Å². The van der Waals surface area contributed by atoms with Crippen molar-refractivity contribution in [2.75, 3.05) is 0 Å². The quantitative estimate of drug-likeness (QED) is 0.720. The average molecular weight is 317 g/mol. The lowest BCUT2D eigenvalue weighted by molar-refractivity contribution is -0.137. The Morgan fingerprint density at radius 3 is 2.52 bits per heavy atom. The molecule has 0 unspecified atom stereocenters. The summed E-state index contributed by atoms with van der Waals surface area (Å²) >= 11 is 0. The minimum Gasteiger partial charge on any atom is -0.268 e. The van der Waals surface area contributed by atoms with Crippen molar-refractivity contribution in [3.8, 4) is 11.4 Å². The Morgan fingerprint density at radius 1 is 1.00 bits per heavy atom. The fraction of sp³-hybridized carbons (Fsp3) is 0.176. The number of hydrogen-bond acceptors (Lipinski definition) is 2. The molecule has 0 radical (unpaired) electrons. The number of alkyl halides is 3. The van der Waals surface area contributed by atoms with Crippen LogP contribution in [0.2, 0.25) is 0 Å². The summed E-state index contributed by atoms with van der Waals surface area (Å²) in [4.78, 5) is 4.39. The van der Waals surface area contributed by atoms with E-state index in [4.69, 9.17) is 0 Å². The van der Waals surface area contributed by atoms with E-state index >= 15 is 0 Å². The number of benzene rings is 1. The third-order valence-corrected chi connectivity index (χ3v) is 3.39. The average Bonchev–Trinajstić information content (AvgIpc) is 2.95. The molecule has 6 heteroatoms. The molecule has 23 heavy (non-hydrogen) atoms. The highest BCUT2D eigenvalue weighted by atomic mass is 19.4. The summed E-state index contributed by atoms with van der Waals surface area (Å²) in [6, 6.07) is 12.7. The first-order valence-corrected chi connectivity index (χ1v) is 7.05. The summed E-state index contributed by atoms with van der Waals surface area (Å²) in [5.41, 5.74) is 2.22. The zero-order chi connectivity index (χ0) is 16.4. The Hall–Kier alpha value is -2.63. The van der Waals surface area contributed by atoms with Crippen molar-refractivity contribution in [3.63, 3.8) is 0 Å². The lowest BCUT2D eigenvalue weighted by atomic mass is 10.1. The Balaban J connectivity index is 1.82. The first-order chi connectivity index (χ1) is 10.9. The van der Waals surface area contributed by atoms with Gasteiger partial charge in [0.15, 0.2) is 0 Å². The first kappa shape index (κ1) is 15.3. The largest absolute Gasteiger partial charge is 0.416 e. The van der Waals surface area contributed by atoms with Crippen LogP contribution in [-0.2, 0) is 12.7 Å². The molecular formula is C17H14F3N3. The van der Waals surface area contributed by atoms with Gasteiger partial charge >= 0.3 is 6.18 Å². The molecule has 0 aliphatic rings. The van der Waals surface area contributed by atoms with Crippen LogP contribution in [0.5, 0.6) is 0 Å². The van der Waals surface area contributed by atoms with E-state index in [1.54, 1.807) is 23.0 Å². The number of pyridine rings is 1. The predicted molar refractivity (Wildman–Crippen MR) is 80.7 cm³/mol. The number of nitrogens with zero attached hydrogens (tertiary/aromatic N) is 3. The molecule has 3 nitrogen and oxygen atoms in total. The standard InChI is InChI=1S/C17H14F3N3/c1-12-4-2-7-15(21-12)16-8-9-23(22-16)11-13-5-3-6-14(10-13)17(18,19)20/h2-10H,11H2,1H3. The Morgan fingerprint density at radius 2 is 1.78 bits per heavy atom. The van der Waals surface area contributed by atoms with E-state index in [0.717, 1.165) is 23.5 Å². The maximum atomic E-state index is 12.7. The predicted octanol–water partition coefficient (Wildman–Crippen LogP) is 4.32. The van der Waals surface area contributed by atoms with E-state index in [2.05, 4.69) is 10.1 Å². The van der Waals surface area contributed by atoms with Gasteiger partial charge < -0.3 is 0 Å². The van der Waals surface area contributed by atoms with Gasteiger partial charge in [0.05, 0.1) is 17.8 Å². The highest BCUT2D eigenvalue weighted by molar-refractivity contribution is 5.53. The molecule has 0 aliphatic heterocycles. The molecule has 0 saturated carbocycles. The number of rotatable bonds is 3. The van der Waals surface area contributed by atoms with E-state index in [1.807, 2.05) is 25.1 Å². The van der Waals surface area contributed by atoms with Crippen LogP contribution in [-0.4, -0.2) is 14.8 Å². The molecule has 3 rings (SSSR count). The second kappa shape index (κ2) is 5.87. The van der Waals surface area contributed by atoms with Crippen LogP contribution in [0, 0.1) is 6.92 Å². The molecule has 0 atom stereocenters. The number of aryl methyl sites for hydroxylation is 1. The zero-order valence-corrected chi connectivity index (χ0v) is 12.4. The molecule has 1 aromatic carbocycles. The molecular weight excluding hydrogens is 303 g/mol. The van der Waals surface area contributed by atoms with Crippen molar-refractivity contribution < 1.29 is 13.2 Å². The highest BCUT2D eigenvalue weighted by Gasteiger charge is 2.30. The molecule has 0 N–H and O–H groups in total. The molecule has 0 amide bonds. The van der Waals surface area contributed by atoms with Crippen LogP contribution in [0.25, 0.3) is 11.4 Å². The van der Waals surface area contributed by atoms with Crippen LogP contribution in [0.1, 0.15) is 16.8 Å². The van der Waals surface area contributed by atoms with Gasteiger partial charge in [-0.15, -0.1) is 0 Å². The van der Waals surface area contributed by atoms with Crippen LogP contribution < -0.4 is 0 Å². The third-order valence-electron chi connectivity index (χ3n) is 3.39. The minimum atomic E-state index is -4.34. The van der Waals surface area contributed by atoms with E-state index in [9.17, 15) is 13.2 Å². The van der Waals surface area contributed by atoms with Gasteiger partial charge in [0, 0.05) is 11.9 Å². The molecule has 0 aliphatic carbocycles. The van der Waals surface area contributed by atoms with Gasteiger partial charge in [-0.25, -0.2) is 0 Å². The Labute approximate surface area is 131 Å². The topological polar surface area (TPSA) is 30.7 Å². The number of hydrogen-bond donors (Lipinski definition) is 0. The van der Waals surface area contributed by atoms with Crippen molar-refractivity contribution >= 4 is 0 Å². The first-order valence-electron chi connectivity index (χ1n) is 7.05. The molecule has 0 spiro atoms. The molecule has 2 aromatic heterocycles. The zero-order valence-electron chi connectivity index (χ0n) is 12.4. The monoisotopic (exact) mass is 317 g/mol. The fourth-order valence-corrected chi connectivity index (χ4v) is 2.31. The van der Waals surface area contributed by atoms with Crippen molar-refractivity contribution in [2.45, 2.75) is 19.6 Å². The third kappa shape index (κ3) is 3.59. The molecule has 2 heterocycles. The molecule has 118 valence electrons. The van der Waals surface area contributed by atoms with Gasteiger partial charge in [-0.3, -0.25) is 9.67 Å².